The summed E-state index contributed by atoms with van der Waals surface area (Å²) in [5, 5.41) is 36.9. The number of aliphatic hydroxyl groups is 1. The molecule has 2 atom stereocenters. The van der Waals surface area contributed by atoms with Crippen molar-refractivity contribution in [2.45, 2.75) is 11.8 Å². The molecule has 0 radical (unpaired) electrons. The highest BCUT2D eigenvalue weighted by molar-refractivity contribution is 5.92. The van der Waals surface area contributed by atoms with E-state index in [4.69, 9.17) is 0 Å². The van der Waals surface area contributed by atoms with Gasteiger partial charge in [0.1, 0.15) is 5.76 Å². The molecule has 0 bridgehead atoms. The van der Waals surface area contributed by atoms with Gasteiger partial charge in [-0.25, -0.2) is 0 Å². The van der Waals surface area contributed by atoms with Crippen molar-refractivity contribution in [3.8, 4) is 11.5 Å². The number of aromatic hydroxyl groups is 2. The van der Waals surface area contributed by atoms with E-state index in [2.05, 4.69) is 30.3 Å². The summed E-state index contributed by atoms with van der Waals surface area (Å²) < 4.78 is 0. The Morgan fingerprint density at radius 3 is 2.18 bits per heavy atom. The fourth-order valence-electron chi connectivity index (χ4n) is 5.28. The number of hydrogen-bond acceptors (Lipinski definition) is 3. The maximum Gasteiger partial charge on any atom is 0.161 e. The second-order valence-electron chi connectivity index (χ2n) is 8.64. The monoisotopic (exact) mass is 430 g/mol. The van der Waals surface area contributed by atoms with E-state index in [0.29, 0.717) is 5.56 Å². The van der Waals surface area contributed by atoms with Crippen molar-refractivity contribution < 1.29 is 15.3 Å². The molecule has 0 aliphatic heterocycles. The van der Waals surface area contributed by atoms with Crippen molar-refractivity contribution >= 4 is 27.6 Å². The zero-order chi connectivity index (χ0) is 22.5. The van der Waals surface area contributed by atoms with Gasteiger partial charge in [-0.2, -0.15) is 0 Å². The van der Waals surface area contributed by atoms with Gasteiger partial charge in [-0.15, -0.1) is 0 Å². The lowest BCUT2D eigenvalue weighted by molar-refractivity contribution is 0.359. The molecular formula is C30H22O3. The van der Waals surface area contributed by atoms with Crippen molar-refractivity contribution in [2.24, 2.45) is 0 Å². The molecule has 5 aromatic carbocycles. The molecule has 0 amide bonds. The third-order valence-corrected chi connectivity index (χ3v) is 6.77. The third kappa shape index (κ3) is 3.05. The lowest BCUT2D eigenvalue weighted by atomic mass is 9.75. The Bertz CT molecular complexity index is 1560. The Hall–Kier alpha value is -4.24. The highest BCUT2D eigenvalue weighted by Gasteiger charge is 2.37. The SMILES string of the molecule is OC1=Cc2ccccc2C1C(c1ccc2ccccc2c1)c1c(O)c(O)cc2ccccc12. The molecule has 1 aliphatic rings. The number of fused-ring (bicyclic) bond motifs is 3. The maximum absolute atomic E-state index is 11.2. The first-order chi connectivity index (χ1) is 16.1. The second-order valence-corrected chi connectivity index (χ2v) is 8.64. The molecule has 33 heavy (non-hydrogen) atoms. The molecule has 3 nitrogen and oxygen atoms in total. The Balaban J connectivity index is 1.69. The predicted octanol–water partition coefficient (Wildman–Crippen LogP) is 7.23. The molecule has 0 saturated carbocycles. The molecule has 0 aromatic heterocycles. The van der Waals surface area contributed by atoms with Crippen LogP contribution in [0, 0.1) is 0 Å². The molecule has 0 spiro atoms. The van der Waals surface area contributed by atoms with Gasteiger partial charge in [0.25, 0.3) is 0 Å². The molecule has 0 heterocycles. The van der Waals surface area contributed by atoms with Crippen LogP contribution >= 0.6 is 0 Å². The largest absolute Gasteiger partial charge is 0.512 e. The minimum Gasteiger partial charge on any atom is -0.512 e. The number of phenols is 2. The number of phenolic OH excluding ortho intramolecular Hbond substituents is 2. The Labute approximate surface area is 191 Å². The number of aliphatic hydroxyl groups excluding tert-OH is 1. The average molecular weight is 431 g/mol. The lowest BCUT2D eigenvalue weighted by Gasteiger charge is -2.28. The third-order valence-electron chi connectivity index (χ3n) is 6.77. The van der Waals surface area contributed by atoms with E-state index in [9.17, 15) is 15.3 Å². The van der Waals surface area contributed by atoms with Crippen LogP contribution in [0.25, 0.3) is 27.6 Å². The quantitative estimate of drug-likeness (QED) is 0.265. The maximum atomic E-state index is 11.2. The summed E-state index contributed by atoms with van der Waals surface area (Å²) in [4.78, 5) is 0. The molecular weight excluding hydrogens is 408 g/mol. The van der Waals surface area contributed by atoms with Crippen LogP contribution in [0.2, 0.25) is 0 Å². The number of allylic oxidation sites excluding steroid dienone is 1. The topological polar surface area (TPSA) is 60.7 Å². The van der Waals surface area contributed by atoms with Gasteiger partial charge in [0.2, 0.25) is 0 Å². The van der Waals surface area contributed by atoms with Gasteiger partial charge >= 0.3 is 0 Å². The van der Waals surface area contributed by atoms with Crippen LogP contribution in [0.15, 0.2) is 103 Å². The predicted molar refractivity (Wildman–Crippen MR) is 133 cm³/mol. The Kier molecular flexibility index (Phi) is 4.37. The van der Waals surface area contributed by atoms with E-state index < -0.39 is 11.8 Å². The fourth-order valence-corrected chi connectivity index (χ4v) is 5.28. The van der Waals surface area contributed by atoms with Crippen LogP contribution in [0.5, 0.6) is 11.5 Å². The van der Waals surface area contributed by atoms with Crippen LogP contribution in [-0.4, -0.2) is 15.3 Å². The summed E-state index contributed by atoms with van der Waals surface area (Å²) in [6.07, 6.45) is 1.80. The van der Waals surface area contributed by atoms with E-state index in [1.165, 1.54) is 0 Å². The van der Waals surface area contributed by atoms with E-state index >= 15 is 0 Å². The summed E-state index contributed by atoms with van der Waals surface area (Å²) in [5.41, 5.74) is 3.54. The van der Waals surface area contributed by atoms with E-state index in [1.807, 2.05) is 60.7 Å². The first-order valence-electron chi connectivity index (χ1n) is 11.0. The van der Waals surface area contributed by atoms with E-state index in [1.54, 1.807) is 12.1 Å². The van der Waals surface area contributed by atoms with Crippen LogP contribution < -0.4 is 0 Å². The Morgan fingerprint density at radius 2 is 1.33 bits per heavy atom. The summed E-state index contributed by atoms with van der Waals surface area (Å²) in [5.74, 6) is -0.862. The van der Waals surface area contributed by atoms with E-state index in [-0.39, 0.29) is 17.3 Å². The zero-order valence-electron chi connectivity index (χ0n) is 17.8. The van der Waals surface area contributed by atoms with Crippen LogP contribution in [0.1, 0.15) is 34.1 Å². The van der Waals surface area contributed by atoms with Crippen molar-refractivity contribution in [1.82, 2.24) is 0 Å². The number of rotatable bonds is 3. The summed E-state index contributed by atoms with van der Waals surface area (Å²) >= 11 is 0. The van der Waals surface area contributed by atoms with Gasteiger partial charge in [-0.3, -0.25) is 0 Å². The van der Waals surface area contributed by atoms with Gasteiger partial charge in [-0.05, 0) is 50.4 Å². The minimum absolute atomic E-state index is 0.149. The van der Waals surface area contributed by atoms with Gasteiger partial charge in [0.15, 0.2) is 11.5 Å². The standard InChI is InChI=1S/C30H22O3/c31-25-16-20-9-3-5-11-23(20)28(25)27(22-14-13-18-7-1-2-8-19(18)15-22)29-24-12-6-4-10-21(24)17-26(32)30(29)33/h1-17,27-28,31-33H. The number of benzene rings is 5. The first-order valence-corrected chi connectivity index (χ1v) is 11.0. The Morgan fingerprint density at radius 1 is 0.636 bits per heavy atom. The normalized spacial score (nSPS) is 16.0. The summed E-state index contributed by atoms with van der Waals surface area (Å²) in [6.45, 7) is 0. The fraction of sp³-hybridized carbons (Fsp3) is 0.0667. The molecule has 0 fully saturated rings. The van der Waals surface area contributed by atoms with Crippen molar-refractivity contribution in [3.05, 3.63) is 125 Å². The van der Waals surface area contributed by atoms with Gasteiger partial charge in [0.05, 0.1) is 5.92 Å². The molecule has 160 valence electrons. The van der Waals surface area contributed by atoms with Crippen LogP contribution in [0.3, 0.4) is 0 Å². The van der Waals surface area contributed by atoms with Crippen LogP contribution in [0.4, 0.5) is 0 Å². The van der Waals surface area contributed by atoms with Gasteiger partial charge in [0, 0.05) is 11.5 Å². The molecule has 3 N–H and O–H groups in total. The molecule has 3 heteroatoms. The smallest absolute Gasteiger partial charge is 0.161 e. The summed E-state index contributed by atoms with van der Waals surface area (Å²) in [7, 11) is 0. The van der Waals surface area contributed by atoms with E-state index in [0.717, 1.165) is 38.2 Å². The highest BCUT2D eigenvalue weighted by atomic mass is 16.3. The van der Waals surface area contributed by atoms with Crippen molar-refractivity contribution in [1.29, 1.82) is 0 Å². The molecule has 6 rings (SSSR count). The zero-order valence-corrected chi connectivity index (χ0v) is 17.8. The lowest BCUT2D eigenvalue weighted by Crippen LogP contribution is -2.14. The molecule has 1 aliphatic carbocycles. The molecule has 5 aromatic rings. The summed E-state index contributed by atoms with van der Waals surface area (Å²) in [6, 6.07) is 31.6. The molecule has 0 saturated heterocycles. The van der Waals surface area contributed by atoms with Gasteiger partial charge in [-0.1, -0.05) is 91.0 Å². The number of hydrogen-bond donors (Lipinski definition) is 3. The minimum atomic E-state index is -0.411. The first kappa shape index (κ1) is 19.4. The van der Waals surface area contributed by atoms with Gasteiger partial charge < -0.3 is 15.3 Å². The molecule has 2 unspecified atom stereocenters. The van der Waals surface area contributed by atoms with Crippen LogP contribution in [-0.2, 0) is 0 Å². The van der Waals surface area contributed by atoms with Crippen molar-refractivity contribution in [2.75, 3.05) is 0 Å². The second kappa shape index (κ2) is 7.42. The van der Waals surface area contributed by atoms with Crippen molar-refractivity contribution in [3.63, 3.8) is 0 Å². The average Bonchev–Trinajstić information content (AvgIpc) is 3.17. The highest BCUT2D eigenvalue weighted by Crippen LogP contribution is 2.53.